The number of nitrogens with zero attached hydrogens (tertiary/aromatic N) is 2. The number of benzene rings is 1. The molecule has 1 heterocycles. The molecule has 0 atom stereocenters. The molecule has 0 aliphatic rings. The lowest BCUT2D eigenvalue weighted by Crippen LogP contribution is -2.02. The molecule has 1 aromatic carbocycles. The van der Waals surface area contributed by atoms with Crippen LogP contribution in [0.5, 0.6) is 0 Å². The molecule has 0 unspecified atom stereocenters. The van der Waals surface area contributed by atoms with E-state index in [2.05, 4.69) is 49.1 Å². The van der Waals surface area contributed by atoms with Crippen LogP contribution in [-0.2, 0) is 13.5 Å². The van der Waals surface area contributed by atoms with E-state index in [1.54, 1.807) is 0 Å². The summed E-state index contributed by atoms with van der Waals surface area (Å²) in [7, 11) is 2.07. The van der Waals surface area contributed by atoms with Crippen LogP contribution in [0.3, 0.4) is 0 Å². The van der Waals surface area contributed by atoms with Gasteiger partial charge in [0.15, 0.2) is 0 Å². The van der Waals surface area contributed by atoms with Gasteiger partial charge < -0.3 is 4.57 Å². The van der Waals surface area contributed by atoms with Crippen molar-refractivity contribution in [2.75, 3.05) is 0 Å². The Hall–Kier alpha value is -0.960. The van der Waals surface area contributed by atoms with Gasteiger partial charge in [0, 0.05) is 18.4 Å². The van der Waals surface area contributed by atoms with Crippen LogP contribution in [0.4, 0.5) is 0 Å². The van der Waals surface area contributed by atoms with Gasteiger partial charge >= 0.3 is 0 Å². The molecule has 0 N–H and O–H groups in total. The molecule has 0 saturated carbocycles. The van der Waals surface area contributed by atoms with Crippen molar-refractivity contribution >= 4 is 23.7 Å². The quantitative estimate of drug-likeness (QED) is 0.770. The second-order valence-electron chi connectivity index (χ2n) is 4.36. The van der Waals surface area contributed by atoms with Crippen molar-refractivity contribution in [3.8, 4) is 0 Å². The number of imidazole rings is 1. The van der Waals surface area contributed by atoms with Crippen molar-refractivity contribution in [1.82, 2.24) is 9.55 Å². The highest BCUT2D eigenvalue weighted by atomic mass is 32.1. The molecule has 0 radical (unpaired) electrons. The molecule has 0 saturated heterocycles. The minimum absolute atomic E-state index is 0.635. The summed E-state index contributed by atoms with van der Waals surface area (Å²) in [6.07, 6.45) is 1.02. The van der Waals surface area contributed by atoms with Crippen LogP contribution in [0.2, 0.25) is 0 Å². The van der Waals surface area contributed by atoms with Crippen molar-refractivity contribution in [2.24, 2.45) is 13.0 Å². The molecule has 80 valence electrons. The van der Waals surface area contributed by atoms with Gasteiger partial charge in [0.2, 0.25) is 0 Å². The highest BCUT2D eigenvalue weighted by molar-refractivity contribution is 7.80. The second-order valence-corrected chi connectivity index (χ2v) is 4.87. The summed E-state index contributed by atoms with van der Waals surface area (Å²) in [5, 5.41) is 0. The van der Waals surface area contributed by atoms with E-state index in [-0.39, 0.29) is 0 Å². The predicted octanol–water partition coefficient (Wildman–Crippen LogP) is 3.06. The number of aryl methyl sites for hydroxylation is 1. The molecule has 1 aromatic heterocycles. The summed E-state index contributed by atoms with van der Waals surface area (Å²) >= 11 is 4.35. The SMILES string of the molecule is CC(C)Cc1nc2ccc(S)cc2n1C. The Kier molecular flexibility index (Phi) is 2.74. The van der Waals surface area contributed by atoms with E-state index in [0.29, 0.717) is 5.92 Å². The fourth-order valence-corrected chi connectivity index (χ4v) is 1.97. The zero-order valence-electron chi connectivity index (χ0n) is 9.36. The third-order valence-corrected chi connectivity index (χ3v) is 2.83. The van der Waals surface area contributed by atoms with Gasteiger partial charge in [-0.3, -0.25) is 0 Å². The van der Waals surface area contributed by atoms with E-state index in [0.717, 1.165) is 28.2 Å². The highest BCUT2D eigenvalue weighted by Gasteiger charge is 2.08. The van der Waals surface area contributed by atoms with Gasteiger partial charge in [0.05, 0.1) is 11.0 Å². The molecule has 0 aliphatic carbocycles. The molecule has 2 rings (SSSR count). The van der Waals surface area contributed by atoms with Crippen molar-refractivity contribution in [3.63, 3.8) is 0 Å². The van der Waals surface area contributed by atoms with Crippen molar-refractivity contribution < 1.29 is 0 Å². The average molecular weight is 220 g/mol. The fourth-order valence-electron chi connectivity index (χ4n) is 1.78. The lowest BCUT2D eigenvalue weighted by molar-refractivity contribution is 0.606. The van der Waals surface area contributed by atoms with Crippen LogP contribution in [-0.4, -0.2) is 9.55 Å². The highest BCUT2D eigenvalue weighted by Crippen LogP contribution is 2.20. The summed E-state index contributed by atoms with van der Waals surface area (Å²) in [6, 6.07) is 6.08. The van der Waals surface area contributed by atoms with Gasteiger partial charge in [0.1, 0.15) is 5.82 Å². The summed E-state index contributed by atoms with van der Waals surface area (Å²) in [4.78, 5) is 5.61. The van der Waals surface area contributed by atoms with E-state index in [9.17, 15) is 0 Å². The zero-order chi connectivity index (χ0) is 11.0. The summed E-state index contributed by atoms with van der Waals surface area (Å²) in [5.74, 6) is 1.79. The number of aromatic nitrogens is 2. The molecule has 0 bridgehead atoms. The van der Waals surface area contributed by atoms with Gasteiger partial charge in [-0.25, -0.2) is 4.98 Å². The van der Waals surface area contributed by atoms with Crippen LogP contribution in [0.15, 0.2) is 23.1 Å². The maximum Gasteiger partial charge on any atom is 0.109 e. The minimum atomic E-state index is 0.635. The van der Waals surface area contributed by atoms with Crippen molar-refractivity contribution in [2.45, 2.75) is 25.2 Å². The van der Waals surface area contributed by atoms with E-state index in [1.165, 1.54) is 0 Å². The summed E-state index contributed by atoms with van der Waals surface area (Å²) < 4.78 is 2.16. The molecule has 0 amide bonds. The molecule has 2 nitrogen and oxygen atoms in total. The number of thiol groups is 1. The Morgan fingerprint density at radius 1 is 1.40 bits per heavy atom. The monoisotopic (exact) mass is 220 g/mol. The molecule has 3 heteroatoms. The maximum atomic E-state index is 4.62. The van der Waals surface area contributed by atoms with Gasteiger partial charge in [-0.05, 0) is 24.1 Å². The molecule has 2 aromatic rings. The standard InChI is InChI=1S/C12H16N2S/c1-8(2)6-12-13-10-5-4-9(15)7-11(10)14(12)3/h4-5,7-8,15H,6H2,1-3H3. The molecule has 0 spiro atoms. The van der Waals surface area contributed by atoms with E-state index < -0.39 is 0 Å². The first-order valence-corrected chi connectivity index (χ1v) is 5.67. The first kappa shape index (κ1) is 10.6. The van der Waals surface area contributed by atoms with Crippen molar-refractivity contribution in [3.05, 3.63) is 24.0 Å². The van der Waals surface area contributed by atoms with Crippen LogP contribution in [0.25, 0.3) is 11.0 Å². The first-order valence-electron chi connectivity index (χ1n) is 5.22. The molecular weight excluding hydrogens is 204 g/mol. The smallest absolute Gasteiger partial charge is 0.109 e. The second kappa shape index (κ2) is 3.89. The van der Waals surface area contributed by atoms with Gasteiger partial charge in [0.25, 0.3) is 0 Å². The van der Waals surface area contributed by atoms with Crippen LogP contribution in [0, 0.1) is 5.92 Å². The Morgan fingerprint density at radius 3 is 2.80 bits per heavy atom. The topological polar surface area (TPSA) is 17.8 Å². The Bertz CT molecular complexity index is 486. The van der Waals surface area contributed by atoms with Crippen LogP contribution < -0.4 is 0 Å². The first-order chi connectivity index (χ1) is 7.08. The van der Waals surface area contributed by atoms with E-state index >= 15 is 0 Å². The van der Waals surface area contributed by atoms with Crippen molar-refractivity contribution in [1.29, 1.82) is 0 Å². The number of hydrogen-bond donors (Lipinski definition) is 1. The Labute approximate surface area is 95.7 Å². The predicted molar refractivity (Wildman–Crippen MR) is 66.5 cm³/mol. The van der Waals surface area contributed by atoms with Crippen LogP contribution in [0.1, 0.15) is 19.7 Å². The van der Waals surface area contributed by atoms with E-state index in [4.69, 9.17) is 0 Å². The minimum Gasteiger partial charge on any atom is -0.331 e. The van der Waals surface area contributed by atoms with Gasteiger partial charge in [-0.1, -0.05) is 13.8 Å². The number of hydrogen-bond acceptors (Lipinski definition) is 2. The summed E-state index contributed by atoms with van der Waals surface area (Å²) in [5.41, 5.74) is 2.23. The zero-order valence-corrected chi connectivity index (χ0v) is 10.3. The van der Waals surface area contributed by atoms with Gasteiger partial charge in [-0.15, -0.1) is 12.6 Å². The molecule has 0 fully saturated rings. The maximum absolute atomic E-state index is 4.62. The Morgan fingerprint density at radius 2 is 2.13 bits per heavy atom. The number of fused-ring (bicyclic) bond motifs is 1. The third-order valence-electron chi connectivity index (χ3n) is 2.55. The normalized spacial score (nSPS) is 11.5. The van der Waals surface area contributed by atoms with Gasteiger partial charge in [-0.2, -0.15) is 0 Å². The molecule has 15 heavy (non-hydrogen) atoms. The Balaban J connectivity index is 2.54. The fraction of sp³-hybridized carbons (Fsp3) is 0.417. The largest absolute Gasteiger partial charge is 0.331 e. The number of rotatable bonds is 2. The summed E-state index contributed by atoms with van der Waals surface area (Å²) in [6.45, 7) is 4.42. The molecular formula is C12H16N2S. The lowest BCUT2D eigenvalue weighted by atomic mass is 10.1. The lowest BCUT2D eigenvalue weighted by Gasteiger charge is -2.04. The third kappa shape index (κ3) is 2.02. The van der Waals surface area contributed by atoms with Crippen LogP contribution >= 0.6 is 12.6 Å². The molecule has 0 aliphatic heterocycles. The van der Waals surface area contributed by atoms with E-state index in [1.807, 2.05) is 12.1 Å². The average Bonchev–Trinajstić information content (AvgIpc) is 2.44.